The molecule has 1 aromatic carbocycles. The van der Waals surface area contributed by atoms with E-state index >= 15 is 0 Å². The molecule has 0 atom stereocenters. The fraction of sp³-hybridized carbons (Fsp3) is 0.348. The molecule has 0 saturated carbocycles. The van der Waals surface area contributed by atoms with Crippen LogP contribution in [0, 0.1) is 16.7 Å². The third kappa shape index (κ3) is 3.77. The zero-order valence-electron chi connectivity index (χ0n) is 15.4. The number of benzene rings is 1. The first-order chi connectivity index (χ1) is 12.0. The highest BCUT2D eigenvalue weighted by Crippen LogP contribution is 2.40. The molecule has 2 aromatic rings. The number of H-pyrrole nitrogens is 1. The minimum absolute atomic E-state index is 0.220. The minimum Gasteiger partial charge on any atom is -0.361 e. The lowest BCUT2D eigenvalue weighted by atomic mass is 9.72. The number of allylic oxidation sites excluding steroid dienone is 6. The molecule has 1 N–H and O–H groups in total. The molecular formula is C23H26N2. The van der Waals surface area contributed by atoms with Crippen molar-refractivity contribution in [1.29, 1.82) is 5.26 Å². The van der Waals surface area contributed by atoms with E-state index < -0.39 is 0 Å². The number of rotatable bonds is 4. The Kier molecular flexibility index (Phi) is 4.95. The second-order valence-electron chi connectivity index (χ2n) is 7.65. The predicted molar refractivity (Wildman–Crippen MR) is 105 cm³/mol. The van der Waals surface area contributed by atoms with Crippen LogP contribution < -0.4 is 0 Å². The maximum absolute atomic E-state index is 9.19. The summed E-state index contributed by atoms with van der Waals surface area (Å²) in [4.78, 5) is 3.32. The van der Waals surface area contributed by atoms with Gasteiger partial charge in [0.05, 0.1) is 6.07 Å². The van der Waals surface area contributed by atoms with Gasteiger partial charge in [0.2, 0.25) is 0 Å². The molecule has 0 radical (unpaired) electrons. The van der Waals surface area contributed by atoms with Crippen LogP contribution in [-0.4, -0.2) is 4.98 Å². The molecule has 1 aliphatic rings. The van der Waals surface area contributed by atoms with Gasteiger partial charge in [-0.3, -0.25) is 0 Å². The first-order valence-electron chi connectivity index (χ1n) is 9.03. The number of nitrogens with zero attached hydrogens (tertiary/aromatic N) is 1. The van der Waals surface area contributed by atoms with Crippen LogP contribution in [0.1, 0.15) is 45.6 Å². The summed E-state index contributed by atoms with van der Waals surface area (Å²) in [6, 6.07) is 10.5. The predicted octanol–water partition coefficient (Wildman–Crippen LogP) is 6.24. The summed E-state index contributed by atoms with van der Waals surface area (Å²) in [5.74, 6) is 0. The fourth-order valence-electron chi connectivity index (χ4n) is 3.94. The Bertz CT molecular complexity index is 898. The molecule has 0 unspecified atom stereocenters. The molecule has 1 aromatic heterocycles. The number of hydrogen-bond donors (Lipinski definition) is 1. The number of hydrogen-bond acceptors (Lipinski definition) is 1. The lowest BCUT2D eigenvalue weighted by Crippen LogP contribution is -2.19. The number of nitrogens with one attached hydrogen (secondary N) is 1. The van der Waals surface area contributed by atoms with Gasteiger partial charge in [0.15, 0.2) is 0 Å². The largest absolute Gasteiger partial charge is 0.361 e. The molecule has 25 heavy (non-hydrogen) atoms. The van der Waals surface area contributed by atoms with Gasteiger partial charge in [-0.15, -0.1) is 0 Å². The number of nitriles is 1. The van der Waals surface area contributed by atoms with Gasteiger partial charge in [-0.2, -0.15) is 5.26 Å². The van der Waals surface area contributed by atoms with Gasteiger partial charge < -0.3 is 4.98 Å². The Balaban J connectivity index is 1.88. The number of aromatic nitrogens is 1. The molecule has 2 nitrogen and oxygen atoms in total. The first-order valence-corrected chi connectivity index (χ1v) is 9.03. The summed E-state index contributed by atoms with van der Waals surface area (Å²) in [6.45, 7) is 6.89. The van der Waals surface area contributed by atoms with E-state index in [0.29, 0.717) is 0 Å². The maximum atomic E-state index is 9.19. The van der Waals surface area contributed by atoms with E-state index in [4.69, 9.17) is 0 Å². The lowest BCUT2D eigenvalue weighted by Gasteiger charge is -2.33. The van der Waals surface area contributed by atoms with Gasteiger partial charge in [-0.25, -0.2) is 0 Å². The molecule has 128 valence electrons. The Morgan fingerprint density at radius 3 is 2.88 bits per heavy atom. The van der Waals surface area contributed by atoms with Crippen molar-refractivity contribution >= 4 is 10.9 Å². The Morgan fingerprint density at radius 1 is 1.32 bits per heavy atom. The summed E-state index contributed by atoms with van der Waals surface area (Å²) in [7, 11) is 0. The number of para-hydroxylation sites is 1. The molecule has 2 heteroatoms. The molecule has 1 aliphatic carbocycles. The van der Waals surface area contributed by atoms with E-state index in [0.717, 1.165) is 17.5 Å². The van der Waals surface area contributed by atoms with Crippen molar-refractivity contribution in [2.45, 2.75) is 46.5 Å². The van der Waals surface area contributed by atoms with Crippen molar-refractivity contribution in [3.63, 3.8) is 0 Å². The van der Waals surface area contributed by atoms with Crippen molar-refractivity contribution in [1.82, 2.24) is 4.98 Å². The first kappa shape index (κ1) is 17.3. The van der Waals surface area contributed by atoms with Gasteiger partial charge >= 0.3 is 0 Å². The zero-order chi connectivity index (χ0) is 17.9. The normalized spacial score (nSPS) is 18.1. The highest BCUT2D eigenvalue weighted by Gasteiger charge is 2.26. The van der Waals surface area contributed by atoms with E-state index in [1.807, 2.05) is 6.07 Å². The fourth-order valence-corrected chi connectivity index (χ4v) is 3.94. The Morgan fingerprint density at radius 2 is 2.12 bits per heavy atom. The second-order valence-corrected chi connectivity index (χ2v) is 7.65. The number of fused-ring (bicyclic) bond motifs is 1. The van der Waals surface area contributed by atoms with Gasteiger partial charge in [0.1, 0.15) is 0 Å². The van der Waals surface area contributed by atoms with Crippen LogP contribution >= 0.6 is 0 Å². The molecule has 0 amide bonds. The quantitative estimate of drug-likeness (QED) is 0.523. The van der Waals surface area contributed by atoms with Crippen LogP contribution in [0.25, 0.3) is 10.9 Å². The summed E-state index contributed by atoms with van der Waals surface area (Å²) in [5, 5.41) is 10.4. The highest BCUT2D eigenvalue weighted by atomic mass is 14.7. The van der Waals surface area contributed by atoms with E-state index in [9.17, 15) is 5.26 Å². The van der Waals surface area contributed by atoms with E-state index in [-0.39, 0.29) is 5.41 Å². The SMILES string of the molecule is CC1=C(/C=C/C(=C\C#N)Cc2c[nH]c3ccccc23)C(C)(C)CCC1. The molecule has 0 spiro atoms. The van der Waals surface area contributed by atoms with Crippen molar-refractivity contribution in [3.8, 4) is 6.07 Å². The molecule has 0 aliphatic heterocycles. The minimum atomic E-state index is 0.220. The van der Waals surface area contributed by atoms with Crippen LogP contribution in [0.15, 0.2) is 65.4 Å². The third-order valence-corrected chi connectivity index (χ3v) is 5.33. The second kappa shape index (κ2) is 7.15. The van der Waals surface area contributed by atoms with E-state index in [2.05, 4.69) is 68.4 Å². The summed E-state index contributed by atoms with van der Waals surface area (Å²) in [6.07, 6.45) is 12.5. The monoisotopic (exact) mass is 330 g/mol. The Labute approximate surface area is 150 Å². The summed E-state index contributed by atoms with van der Waals surface area (Å²) in [5.41, 5.74) is 6.56. The van der Waals surface area contributed by atoms with Crippen LogP contribution in [0.4, 0.5) is 0 Å². The van der Waals surface area contributed by atoms with Gasteiger partial charge in [0.25, 0.3) is 0 Å². The van der Waals surface area contributed by atoms with E-state index in [1.54, 1.807) is 6.08 Å². The molecule has 1 heterocycles. The molecule has 0 bridgehead atoms. The van der Waals surface area contributed by atoms with Crippen LogP contribution in [0.5, 0.6) is 0 Å². The third-order valence-electron chi connectivity index (χ3n) is 5.33. The topological polar surface area (TPSA) is 39.6 Å². The maximum Gasteiger partial charge on any atom is 0.0915 e. The standard InChI is InChI=1S/C23H26N2/c1-17-7-6-13-23(2,3)21(17)11-10-18(12-14-24)15-19-16-25-22-9-5-4-8-20(19)22/h4-5,8-12,16,25H,6-7,13,15H2,1-3H3/b11-10+,18-12+. The zero-order valence-corrected chi connectivity index (χ0v) is 15.4. The molecule has 3 rings (SSSR count). The summed E-state index contributed by atoms with van der Waals surface area (Å²) >= 11 is 0. The highest BCUT2D eigenvalue weighted by molar-refractivity contribution is 5.83. The van der Waals surface area contributed by atoms with Crippen molar-refractivity contribution in [3.05, 3.63) is 71.0 Å². The van der Waals surface area contributed by atoms with Crippen molar-refractivity contribution in [2.75, 3.05) is 0 Å². The lowest BCUT2D eigenvalue weighted by molar-refractivity contribution is 0.377. The molecular weight excluding hydrogens is 304 g/mol. The van der Waals surface area contributed by atoms with Crippen LogP contribution in [0.2, 0.25) is 0 Å². The Hall–Kier alpha value is -2.53. The smallest absolute Gasteiger partial charge is 0.0915 e. The van der Waals surface area contributed by atoms with Crippen LogP contribution in [-0.2, 0) is 6.42 Å². The van der Waals surface area contributed by atoms with Crippen LogP contribution in [0.3, 0.4) is 0 Å². The average Bonchev–Trinajstić information content (AvgIpc) is 2.97. The van der Waals surface area contributed by atoms with Gasteiger partial charge in [-0.1, -0.05) is 49.8 Å². The average molecular weight is 330 g/mol. The molecule has 0 saturated heterocycles. The molecule has 0 fully saturated rings. The summed E-state index contributed by atoms with van der Waals surface area (Å²) < 4.78 is 0. The van der Waals surface area contributed by atoms with Crippen molar-refractivity contribution in [2.24, 2.45) is 5.41 Å². The van der Waals surface area contributed by atoms with Gasteiger partial charge in [0, 0.05) is 29.6 Å². The van der Waals surface area contributed by atoms with Crippen molar-refractivity contribution < 1.29 is 0 Å². The van der Waals surface area contributed by atoms with Gasteiger partial charge in [-0.05, 0) is 54.4 Å². The number of aromatic amines is 1. The van der Waals surface area contributed by atoms with E-state index in [1.165, 1.54) is 41.4 Å².